The largest absolute Gasteiger partial charge is 0.377 e. The number of nitrogens with one attached hydrogen (secondary N) is 1. The minimum Gasteiger partial charge on any atom is -0.377 e. The van der Waals surface area contributed by atoms with Gasteiger partial charge < -0.3 is 10.1 Å². The van der Waals surface area contributed by atoms with E-state index in [0.717, 1.165) is 13.0 Å². The Morgan fingerprint density at radius 2 is 1.90 bits per heavy atom. The van der Waals surface area contributed by atoms with Crippen molar-refractivity contribution in [3.05, 3.63) is 35.4 Å². The molecule has 2 rings (SSSR count). The lowest BCUT2D eigenvalue weighted by Crippen LogP contribution is -2.54. The molecule has 112 valence electrons. The summed E-state index contributed by atoms with van der Waals surface area (Å²) >= 11 is 0. The van der Waals surface area contributed by atoms with E-state index in [4.69, 9.17) is 4.74 Å². The third-order valence-electron chi connectivity index (χ3n) is 4.88. The van der Waals surface area contributed by atoms with Gasteiger partial charge in [-0.05, 0) is 43.9 Å². The van der Waals surface area contributed by atoms with Crippen LogP contribution in [-0.2, 0) is 11.2 Å². The highest BCUT2D eigenvalue weighted by Gasteiger charge is 2.39. The van der Waals surface area contributed by atoms with E-state index in [-0.39, 0.29) is 5.60 Å². The predicted molar refractivity (Wildman–Crippen MR) is 85.2 cm³/mol. The van der Waals surface area contributed by atoms with Crippen molar-refractivity contribution in [3.63, 3.8) is 0 Å². The van der Waals surface area contributed by atoms with Gasteiger partial charge in [-0.1, -0.05) is 50.5 Å². The van der Waals surface area contributed by atoms with Gasteiger partial charge in [-0.3, -0.25) is 0 Å². The van der Waals surface area contributed by atoms with Gasteiger partial charge in [-0.15, -0.1) is 0 Å². The van der Waals surface area contributed by atoms with Crippen LogP contribution in [0.3, 0.4) is 0 Å². The van der Waals surface area contributed by atoms with Crippen LogP contribution in [0.4, 0.5) is 0 Å². The zero-order valence-corrected chi connectivity index (χ0v) is 13.2. The van der Waals surface area contributed by atoms with Crippen molar-refractivity contribution in [1.82, 2.24) is 5.32 Å². The average molecular weight is 275 g/mol. The Labute approximate surface area is 123 Å². The summed E-state index contributed by atoms with van der Waals surface area (Å²) in [6, 6.07) is 9.14. The molecule has 1 aliphatic rings. The zero-order valence-electron chi connectivity index (χ0n) is 13.2. The Balaban J connectivity index is 2.19. The number of hydrogen-bond donors (Lipinski definition) is 1. The molecule has 0 aromatic heterocycles. The Bertz CT molecular complexity index is 410. The van der Waals surface area contributed by atoms with E-state index in [1.165, 1.54) is 43.2 Å². The minimum atomic E-state index is 0.0243. The van der Waals surface area contributed by atoms with Crippen molar-refractivity contribution >= 4 is 0 Å². The predicted octanol–water partition coefficient (Wildman–Crippen LogP) is 3.86. The quantitative estimate of drug-likeness (QED) is 0.851. The molecular formula is C18H29NO. The maximum atomic E-state index is 6.04. The zero-order chi connectivity index (χ0) is 14.4. The second-order valence-electron chi connectivity index (χ2n) is 6.07. The molecule has 0 bridgehead atoms. The minimum absolute atomic E-state index is 0.0243. The van der Waals surface area contributed by atoms with Gasteiger partial charge in [0.2, 0.25) is 0 Å². The average Bonchev–Trinajstić information content (AvgIpc) is 2.49. The molecule has 20 heavy (non-hydrogen) atoms. The number of benzene rings is 1. The van der Waals surface area contributed by atoms with Crippen molar-refractivity contribution in [2.75, 3.05) is 13.7 Å². The van der Waals surface area contributed by atoms with Crippen LogP contribution in [-0.4, -0.2) is 25.3 Å². The fraction of sp³-hybridized carbons (Fsp3) is 0.667. The summed E-state index contributed by atoms with van der Waals surface area (Å²) in [6.45, 7) is 5.40. The summed E-state index contributed by atoms with van der Waals surface area (Å²) < 4.78 is 6.04. The molecule has 1 aromatic carbocycles. The molecule has 0 spiro atoms. The maximum absolute atomic E-state index is 6.04. The highest BCUT2D eigenvalue weighted by atomic mass is 16.5. The van der Waals surface area contributed by atoms with Gasteiger partial charge in [-0.25, -0.2) is 0 Å². The molecule has 1 unspecified atom stereocenters. The van der Waals surface area contributed by atoms with Gasteiger partial charge in [0.25, 0.3) is 0 Å². The second-order valence-corrected chi connectivity index (χ2v) is 6.07. The van der Waals surface area contributed by atoms with Crippen LogP contribution >= 0.6 is 0 Å². The molecule has 0 saturated heterocycles. The lowest BCUT2D eigenvalue weighted by molar-refractivity contribution is -0.0670. The topological polar surface area (TPSA) is 21.3 Å². The molecule has 2 nitrogen and oxygen atoms in total. The molecule has 0 aliphatic heterocycles. The highest BCUT2D eigenvalue weighted by molar-refractivity contribution is 5.27. The Hall–Kier alpha value is -0.860. The number of hydrogen-bond acceptors (Lipinski definition) is 2. The van der Waals surface area contributed by atoms with Crippen LogP contribution in [0, 0.1) is 6.92 Å². The number of methoxy groups -OCH3 is 1. The standard InChI is InChI=1S/C18H29NO/c1-4-19-17(14-16-11-7-6-10-15(16)2)18(20-3)12-8-5-9-13-18/h6-7,10-11,17,19H,4-5,8-9,12-14H2,1-3H3. The van der Waals surface area contributed by atoms with Crippen LogP contribution < -0.4 is 5.32 Å². The van der Waals surface area contributed by atoms with Crippen LogP contribution in [0.5, 0.6) is 0 Å². The Morgan fingerprint density at radius 1 is 1.20 bits per heavy atom. The summed E-state index contributed by atoms with van der Waals surface area (Å²) in [7, 11) is 1.90. The first-order valence-electron chi connectivity index (χ1n) is 8.05. The molecule has 1 N–H and O–H groups in total. The lowest BCUT2D eigenvalue weighted by Gasteiger charge is -2.43. The third-order valence-corrected chi connectivity index (χ3v) is 4.88. The van der Waals surface area contributed by atoms with E-state index in [9.17, 15) is 0 Å². The van der Waals surface area contributed by atoms with Gasteiger partial charge in [0.1, 0.15) is 0 Å². The van der Waals surface area contributed by atoms with Crippen LogP contribution in [0.1, 0.15) is 50.2 Å². The van der Waals surface area contributed by atoms with E-state index in [1.807, 2.05) is 7.11 Å². The van der Waals surface area contributed by atoms with Gasteiger partial charge in [0.15, 0.2) is 0 Å². The van der Waals surface area contributed by atoms with E-state index >= 15 is 0 Å². The van der Waals surface area contributed by atoms with E-state index in [1.54, 1.807) is 0 Å². The molecule has 0 heterocycles. The van der Waals surface area contributed by atoms with Crippen molar-refractivity contribution < 1.29 is 4.74 Å². The number of aryl methyl sites for hydroxylation is 1. The smallest absolute Gasteiger partial charge is 0.0834 e. The normalized spacial score (nSPS) is 19.8. The van der Waals surface area contributed by atoms with Crippen LogP contribution in [0.25, 0.3) is 0 Å². The molecule has 0 amide bonds. The third kappa shape index (κ3) is 3.42. The van der Waals surface area contributed by atoms with E-state index in [0.29, 0.717) is 6.04 Å². The summed E-state index contributed by atoms with van der Waals surface area (Å²) in [4.78, 5) is 0. The van der Waals surface area contributed by atoms with Crippen molar-refractivity contribution in [1.29, 1.82) is 0 Å². The highest BCUT2D eigenvalue weighted by Crippen LogP contribution is 2.35. The van der Waals surface area contributed by atoms with Crippen LogP contribution in [0.2, 0.25) is 0 Å². The maximum Gasteiger partial charge on any atom is 0.0834 e. The molecule has 1 aromatic rings. The first-order valence-corrected chi connectivity index (χ1v) is 8.05. The first-order chi connectivity index (χ1) is 9.72. The molecular weight excluding hydrogens is 246 g/mol. The number of ether oxygens (including phenoxy) is 1. The van der Waals surface area contributed by atoms with Crippen molar-refractivity contribution in [3.8, 4) is 0 Å². The first kappa shape index (κ1) is 15.5. The van der Waals surface area contributed by atoms with Gasteiger partial charge in [0, 0.05) is 13.2 Å². The molecule has 1 aliphatic carbocycles. The number of rotatable bonds is 6. The molecule has 1 atom stereocenters. The SMILES string of the molecule is CCNC(Cc1ccccc1C)C1(OC)CCCCC1. The number of likely N-dealkylation sites (N-methyl/N-ethyl adjacent to an activating group) is 1. The monoisotopic (exact) mass is 275 g/mol. The van der Waals surface area contributed by atoms with E-state index < -0.39 is 0 Å². The molecule has 0 radical (unpaired) electrons. The van der Waals surface area contributed by atoms with Crippen molar-refractivity contribution in [2.24, 2.45) is 0 Å². The van der Waals surface area contributed by atoms with Crippen LogP contribution in [0.15, 0.2) is 24.3 Å². The summed E-state index contributed by atoms with van der Waals surface area (Å²) in [5.41, 5.74) is 2.86. The fourth-order valence-corrected chi connectivity index (χ4v) is 3.59. The van der Waals surface area contributed by atoms with Gasteiger partial charge >= 0.3 is 0 Å². The van der Waals surface area contributed by atoms with Gasteiger partial charge in [-0.2, -0.15) is 0 Å². The second kappa shape index (κ2) is 7.24. The molecule has 1 fully saturated rings. The lowest BCUT2D eigenvalue weighted by atomic mass is 9.76. The Kier molecular flexibility index (Phi) is 5.62. The van der Waals surface area contributed by atoms with Crippen molar-refractivity contribution in [2.45, 2.75) is 64.0 Å². The summed E-state index contributed by atoms with van der Waals surface area (Å²) in [6.07, 6.45) is 7.38. The molecule has 2 heteroatoms. The molecule has 1 saturated carbocycles. The Morgan fingerprint density at radius 3 is 2.50 bits per heavy atom. The van der Waals surface area contributed by atoms with E-state index in [2.05, 4.69) is 43.4 Å². The summed E-state index contributed by atoms with van der Waals surface area (Å²) in [5, 5.41) is 3.69. The summed E-state index contributed by atoms with van der Waals surface area (Å²) in [5.74, 6) is 0. The fourth-order valence-electron chi connectivity index (χ4n) is 3.59. The van der Waals surface area contributed by atoms with Gasteiger partial charge in [0.05, 0.1) is 5.60 Å².